The van der Waals surface area contributed by atoms with E-state index in [1.807, 2.05) is 23.1 Å². The Kier molecular flexibility index (Phi) is 4.30. The third-order valence-corrected chi connectivity index (χ3v) is 3.45. The van der Waals surface area contributed by atoms with Gasteiger partial charge in [0.15, 0.2) is 0 Å². The second-order valence-electron chi connectivity index (χ2n) is 5.56. The fourth-order valence-electron chi connectivity index (χ4n) is 2.41. The first kappa shape index (κ1) is 13.7. The molecule has 1 fully saturated rings. The highest BCUT2D eigenvalue weighted by atomic mass is 16.2. The van der Waals surface area contributed by atoms with E-state index >= 15 is 0 Å². The quantitative estimate of drug-likeness (QED) is 0.846. The van der Waals surface area contributed by atoms with Crippen LogP contribution in [-0.2, 0) is 4.79 Å². The lowest BCUT2D eigenvalue weighted by atomic mass is 10.1. The van der Waals surface area contributed by atoms with E-state index in [0.717, 1.165) is 37.6 Å². The lowest BCUT2D eigenvalue weighted by Crippen LogP contribution is -2.49. The normalized spacial score (nSPS) is 15.9. The molecule has 0 bridgehead atoms. The van der Waals surface area contributed by atoms with Gasteiger partial charge in [0.05, 0.1) is 0 Å². The van der Waals surface area contributed by atoms with Gasteiger partial charge in [0.2, 0.25) is 5.91 Å². The number of hydrogen-bond donors (Lipinski definition) is 1. The Labute approximate surface area is 115 Å². The molecule has 4 nitrogen and oxygen atoms in total. The van der Waals surface area contributed by atoms with Crippen molar-refractivity contribution in [1.82, 2.24) is 4.90 Å². The zero-order valence-corrected chi connectivity index (χ0v) is 11.8. The molecular weight excluding hydrogens is 238 g/mol. The molecule has 1 aliphatic rings. The molecule has 1 heterocycles. The van der Waals surface area contributed by atoms with Gasteiger partial charge in [0.1, 0.15) is 0 Å². The average Bonchev–Trinajstić information content (AvgIpc) is 2.38. The number of nitrogen functional groups attached to an aromatic ring is 1. The summed E-state index contributed by atoms with van der Waals surface area (Å²) in [6.45, 7) is 7.54. The monoisotopic (exact) mass is 261 g/mol. The van der Waals surface area contributed by atoms with E-state index in [9.17, 15) is 4.79 Å². The van der Waals surface area contributed by atoms with Gasteiger partial charge in [-0.05, 0) is 24.1 Å². The Morgan fingerprint density at radius 2 is 1.95 bits per heavy atom. The van der Waals surface area contributed by atoms with E-state index in [2.05, 4.69) is 24.8 Å². The Balaban J connectivity index is 1.90. The van der Waals surface area contributed by atoms with Gasteiger partial charge in [-0.3, -0.25) is 4.79 Å². The lowest BCUT2D eigenvalue weighted by molar-refractivity contribution is -0.132. The van der Waals surface area contributed by atoms with Crippen LogP contribution in [0.25, 0.3) is 0 Å². The number of nitrogens with two attached hydrogens (primary N) is 1. The minimum atomic E-state index is 0.280. The second kappa shape index (κ2) is 5.95. The zero-order chi connectivity index (χ0) is 13.8. The lowest BCUT2D eigenvalue weighted by Gasteiger charge is -2.36. The summed E-state index contributed by atoms with van der Waals surface area (Å²) in [5.74, 6) is 0.710. The molecule has 2 N–H and O–H groups in total. The van der Waals surface area contributed by atoms with Gasteiger partial charge < -0.3 is 15.5 Å². The minimum absolute atomic E-state index is 0.280. The fourth-order valence-corrected chi connectivity index (χ4v) is 2.41. The van der Waals surface area contributed by atoms with Gasteiger partial charge in [-0.1, -0.05) is 19.9 Å². The summed E-state index contributed by atoms with van der Waals surface area (Å²) in [6, 6.07) is 7.93. The van der Waals surface area contributed by atoms with Crippen LogP contribution in [0, 0.1) is 5.92 Å². The summed E-state index contributed by atoms with van der Waals surface area (Å²) in [5.41, 5.74) is 7.74. The third-order valence-electron chi connectivity index (χ3n) is 3.45. The summed E-state index contributed by atoms with van der Waals surface area (Å²) >= 11 is 0. The minimum Gasteiger partial charge on any atom is -0.399 e. The first-order valence-corrected chi connectivity index (χ1v) is 6.94. The molecule has 0 aliphatic carbocycles. The maximum Gasteiger partial charge on any atom is 0.222 e. The zero-order valence-electron chi connectivity index (χ0n) is 11.8. The van der Waals surface area contributed by atoms with Crippen molar-refractivity contribution in [2.24, 2.45) is 5.92 Å². The van der Waals surface area contributed by atoms with Crippen LogP contribution in [-0.4, -0.2) is 37.0 Å². The van der Waals surface area contributed by atoms with Crippen LogP contribution in [0.4, 0.5) is 11.4 Å². The van der Waals surface area contributed by atoms with E-state index in [0.29, 0.717) is 12.3 Å². The molecule has 0 spiro atoms. The molecule has 19 heavy (non-hydrogen) atoms. The van der Waals surface area contributed by atoms with E-state index < -0.39 is 0 Å². The predicted octanol–water partition coefficient (Wildman–Crippen LogP) is 1.96. The smallest absolute Gasteiger partial charge is 0.222 e. The van der Waals surface area contributed by atoms with Crippen LogP contribution >= 0.6 is 0 Å². The summed E-state index contributed by atoms with van der Waals surface area (Å²) < 4.78 is 0. The van der Waals surface area contributed by atoms with Crippen molar-refractivity contribution in [3.05, 3.63) is 24.3 Å². The molecule has 1 saturated heterocycles. The fraction of sp³-hybridized carbons (Fsp3) is 0.533. The van der Waals surface area contributed by atoms with Crippen LogP contribution in [0.2, 0.25) is 0 Å². The summed E-state index contributed by atoms with van der Waals surface area (Å²) in [4.78, 5) is 16.3. The van der Waals surface area contributed by atoms with Crippen LogP contribution in [0.5, 0.6) is 0 Å². The summed E-state index contributed by atoms with van der Waals surface area (Å²) in [7, 11) is 0. The SMILES string of the molecule is CC(C)CC(=O)N1CCN(c2cccc(N)c2)CC1. The average molecular weight is 261 g/mol. The molecule has 0 aromatic heterocycles. The van der Waals surface area contributed by atoms with Gasteiger partial charge in [0, 0.05) is 44.0 Å². The van der Waals surface area contributed by atoms with Crippen LogP contribution in [0.1, 0.15) is 20.3 Å². The highest BCUT2D eigenvalue weighted by Crippen LogP contribution is 2.19. The van der Waals surface area contributed by atoms with Crippen molar-refractivity contribution in [2.45, 2.75) is 20.3 Å². The van der Waals surface area contributed by atoms with Crippen LogP contribution in [0.3, 0.4) is 0 Å². The van der Waals surface area contributed by atoms with E-state index in [1.165, 1.54) is 0 Å². The van der Waals surface area contributed by atoms with E-state index in [4.69, 9.17) is 5.73 Å². The van der Waals surface area contributed by atoms with Crippen molar-refractivity contribution < 1.29 is 4.79 Å². The number of amides is 1. The standard InChI is InChI=1S/C15H23N3O/c1-12(2)10-15(19)18-8-6-17(7-9-18)14-5-3-4-13(16)11-14/h3-5,11-12H,6-10,16H2,1-2H3. The van der Waals surface area contributed by atoms with Gasteiger partial charge in [-0.15, -0.1) is 0 Å². The van der Waals surface area contributed by atoms with Gasteiger partial charge in [-0.2, -0.15) is 0 Å². The maximum absolute atomic E-state index is 12.0. The summed E-state index contributed by atoms with van der Waals surface area (Å²) in [6.07, 6.45) is 0.651. The second-order valence-corrected chi connectivity index (χ2v) is 5.56. The van der Waals surface area contributed by atoms with Crippen LogP contribution < -0.4 is 10.6 Å². The third kappa shape index (κ3) is 3.63. The van der Waals surface area contributed by atoms with Crippen molar-refractivity contribution in [2.75, 3.05) is 36.8 Å². The molecule has 0 atom stereocenters. The number of benzene rings is 1. The molecule has 1 amide bonds. The van der Waals surface area contributed by atoms with Crippen molar-refractivity contribution in [3.63, 3.8) is 0 Å². The Hall–Kier alpha value is -1.71. The molecule has 2 rings (SSSR count). The van der Waals surface area contributed by atoms with Crippen molar-refractivity contribution in [3.8, 4) is 0 Å². The number of nitrogens with zero attached hydrogens (tertiary/aromatic N) is 2. The highest BCUT2D eigenvalue weighted by Gasteiger charge is 2.21. The van der Waals surface area contributed by atoms with E-state index in [1.54, 1.807) is 0 Å². The molecule has 1 aromatic rings. The van der Waals surface area contributed by atoms with Gasteiger partial charge in [0.25, 0.3) is 0 Å². The first-order valence-electron chi connectivity index (χ1n) is 6.94. The molecular formula is C15H23N3O. The topological polar surface area (TPSA) is 49.6 Å². The predicted molar refractivity (Wildman–Crippen MR) is 79.1 cm³/mol. The largest absolute Gasteiger partial charge is 0.399 e. The highest BCUT2D eigenvalue weighted by molar-refractivity contribution is 5.76. The Morgan fingerprint density at radius 3 is 2.53 bits per heavy atom. The maximum atomic E-state index is 12.0. The molecule has 4 heteroatoms. The number of hydrogen-bond acceptors (Lipinski definition) is 3. The first-order chi connectivity index (χ1) is 9.06. The van der Waals surface area contributed by atoms with E-state index in [-0.39, 0.29) is 5.91 Å². The van der Waals surface area contributed by atoms with Crippen molar-refractivity contribution in [1.29, 1.82) is 0 Å². The van der Waals surface area contributed by atoms with Crippen molar-refractivity contribution >= 4 is 17.3 Å². The molecule has 1 aromatic carbocycles. The van der Waals surface area contributed by atoms with Gasteiger partial charge in [-0.25, -0.2) is 0 Å². The Bertz CT molecular complexity index is 437. The Morgan fingerprint density at radius 1 is 1.26 bits per heavy atom. The molecule has 0 saturated carbocycles. The van der Waals surface area contributed by atoms with Gasteiger partial charge >= 0.3 is 0 Å². The number of carbonyl (C=O) groups is 1. The molecule has 0 unspecified atom stereocenters. The molecule has 0 radical (unpaired) electrons. The number of anilines is 2. The number of rotatable bonds is 3. The number of carbonyl (C=O) groups excluding carboxylic acids is 1. The summed E-state index contributed by atoms with van der Waals surface area (Å²) in [5, 5.41) is 0. The molecule has 104 valence electrons. The van der Waals surface area contributed by atoms with Crippen LogP contribution in [0.15, 0.2) is 24.3 Å². The molecule has 1 aliphatic heterocycles. The number of piperazine rings is 1.